The van der Waals surface area contributed by atoms with Crippen LogP contribution in [-0.2, 0) is 22.4 Å². The minimum absolute atomic E-state index is 0.0312. The molecule has 0 saturated carbocycles. The third-order valence-corrected chi connectivity index (χ3v) is 5.52. The van der Waals surface area contributed by atoms with Crippen molar-refractivity contribution in [3.8, 4) is 16.5 Å². The Morgan fingerprint density at radius 1 is 1.22 bits per heavy atom. The average Bonchev–Trinajstić information content (AvgIpc) is 3.33. The van der Waals surface area contributed by atoms with Gasteiger partial charge in [-0.05, 0) is 41.7 Å². The number of nitrogens with one attached hydrogen (secondary N) is 1. The van der Waals surface area contributed by atoms with Gasteiger partial charge in [-0.25, -0.2) is 4.79 Å². The second kappa shape index (κ2) is 7.09. The van der Waals surface area contributed by atoms with Crippen molar-refractivity contribution in [1.29, 1.82) is 5.26 Å². The zero-order valence-corrected chi connectivity index (χ0v) is 15.0. The lowest BCUT2D eigenvalue weighted by Gasteiger charge is -2.15. The summed E-state index contributed by atoms with van der Waals surface area (Å²) in [7, 11) is 0. The van der Waals surface area contributed by atoms with E-state index in [1.54, 1.807) is 6.07 Å². The highest BCUT2D eigenvalue weighted by molar-refractivity contribution is 7.20. The van der Waals surface area contributed by atoms with E-state index in [0.717, 1.165) is 28.8 Å². The van der Waals surface area contributed by atoms with Crippen LogP contribution in [0.15, 0.2) is 47.1 Å². The molecular weight excluding hydrogens is 364 g/mol. The zero-order chi connectivity index (χ0) is 18.8. The number of anilines is 1. The second-order valence-electron chi connectivity index (χ2n) is 5.98. The van der Waals surface area contributed by atoms with E-state index in [9.17, 15) is 14.9 Å². The number of hydrogen-bond acceptors (Lipinski definition) is 6. The third kappa shape index (κ3) is 3.23. The Morgan fingerprint density at radius 3 is 2.85 bits per heavy atom. The number of thiophene rings is 1. The van der Waals surface area contributed by atoms with Crippen molar-refractivity contribution in [2.75, 3.05) is 11.9 Å². The Labute approximate surface area is 159 Å². The van der Waals surface area contributed by atoms with Gasteiger partial charge in [-0.2, -0.15) is 5.26 Å². The first kappa shape index (κ1) is 17.1. The summed E-state index contributed by atoms with van der Waals surface area (Å²) in [6.45, 7) is -0.455. The SMILES string of the molecule is N#Cc1c(NC(=O)COC(=O)c2ccco2)sc2c1CCc1ccccc1-2. The first-order valence-electron chi connectivity index (χ1n) is 8.32. The third-order valence-electron chi connectivity index (χ3n) is 4.33. The number of furan rings is 1. The summed E-state index contributed by atoms with van der Waals surface area (Å²) in [6.07, 6.45) is 2.97. The number of rotatable bonds is 4. The van der Waals surface area contributed by atoms with Crippen LogP contribution in [-0.4, -0.2) is 18.5 Å². The van der Waals surface area contributed by atoms with Crippen LogP contribution in [0.2, 0.25) is 0 Å². The predicted molar refractivity (Wildman–Crippen MR) is 99.5 cm³/mol. The quantitative estimate of drug-likeness (QED) is 0.698. The van der Waals surface area contributed by atoms with E-state index in [1.807, 2.05) is 18.2 Å². The normalized spacial score (nSPS) is 11.8. The molecule has 0 saturated heterocycles. The molecule has 0 bridgehead atoms. The molecule has 2 aromatic heterocycles. The Bertz CT molecular complexity index is 1060. The molecular formula is C20H14N2O4S. The minimum atomic E-state index is -0.713. The maximum atomic E-state index is 12.2. The number of nitrogens with zero attached hydrogens (tertiary/aromatic N) is 1. The van der Waals surface area contributed by atoms with E-state index >= 15 is 0 Å². The summed E-state index contributed by atoms with van der Waals surface area (Å²) >= 11 is 1.38. The minimum Gasteiger partial charge on any atom is -0.457 e. The number of ether oxygens (including phenoxy) is 1. The van der Waals surface area contributed by atoms with Crippen LogP contribution < -0.4 is 5.32 Å². The van der Waals surface area contributed by atoms with Gasteiger partial charge in [-0.3, -0.25) is 4.79 Å². The molecule has 4 rings (SSSR count). The average molecular weight is 378 g/mol. The molecule has 1 amide bonds. The lowest BCUT2D eigenvalue weighted by atomic mass is 9.90. The van der Waals surface area contributed by atoms with Gasteiger partial charge in [-0.15, -0.1) is 11.3 Å². The molecule has 1 aliphatic rings. The molecule has 7 heteroatoms. The fourth-order valence-corrected chi connectivity index (χ4v) is 4.38. The number of benzene rings is 1. The molecule has 1 aromatic carbocycles. The van der Waals surface area contributed by atoms with E-state index < -0.39 is 18.5 Å². The smallest absolute Gasteiger partial charge is 0.374 e. The lowest BCUT2D eigenvalue weighted by molar-refractivity contribution is -0.119. The highest BCUT2D eigenvalue weighted by Gasteiger charge is 2.25. The molecule has 0 spiro atoms. The van der Waals surface area contributed by atoms with Gasteiger partial charge in [0.2, 0.25) is 5.76 Å². The van der Waals surface area contributed by atoms with Gasteiger partial charge >= 0.3 is 5.97 Å². The topological polar surface area (TPSA) is 92.3 Å². The standard InChI is InChI=1S/C20H14N2O4S/c21-10-15-14-8-7-12-4-1-2-5-13(12)18(14)27-19(15)22-17(23)11-26-20(24)16-6-3-9-25-16/h1-6,9H,7-8,11H2,(H,22,23). The van der Waals surface area contributed by atoms with Crippen molar-refractivity contribution < 1.29 is 18.7 Å². The Balaban J connectivity index is 1.52. The van der Waals surface area contributed by atoms with Gasteiger partial charge < -0.3 is 14.5 Å². The van der Waals surface area contributed by atoms with Crippen molar-refractivity contribution >= 4 is 28.2 Å². The first-order chi connectivity index (χ1) is 13.2. The van der Waals surface area contributed by atoms with E-state index in [1.165, 1.54) is 29.2 Å². The molecule has 134 valence electrons. The number of aryl methyl sites for hydroxylation is 1. The first-order valence-corrected chi connectivity index (χ1v) is 9.13. The molecule has 0 unspecified atom stereocenters. The molecule has 0 atom stereocenters. The fourth-order valence-electron chi connectivity index (χ4n) is 3.11. The summed E-state index contributed by atoms with van der Waals surface area (Å²) < 4.78 is 9.85. The lowest BCUT2D eigenvalue weighted by Crippen LogP contribution is -2.20. The number of esters is 1. The van der Waals surface area contributed by atoms with Crippen molar-refractivity contribution in [1.82, 2.24) is 0 Å². The number of hydrogen-bond donors (Lipinski definition) is 1. The largest absolute Gasteiger partial charge is 0.457 e. The summed E-state index contributed by atoms with van der Waals surface area (Å²) in [5.41, 5.74) is 3.78. The van der Waals surface area contributed by atoms with Crippen LogP contribution >= 0.6 is 11.3 Å². The molecule has 0 aliphatic heterocycles. The van der Waals surface area contributed by atoms with Crippen LogP contribution in [0.3, 0.4) is 0 Å². The number of nitriles is 1. The van der Waals surface area contributed by atoms with Crippen LogP contribution in [0.4, 0.5) is 5.00 Å². The van der Waals surface area contributed by atoms with E-state index in [4.69, 9.17) is 9.15 Å². The summed E-state index contributed by atoms with van der Waals surface area (Å²) in [4.78, 5) is 24.9. The van der Waals surface area contributed by atoms with Crippen LogP contribution in [0.1, 0.15) is 27.2 Å². The van der Waals surface area contributed by atoms with Crippen molar-refractivity contribution in [3.05, 3.63) is 65.1 Å². The van der Waals surface area contributed by atoms with Gasteiger partial charge in [0.15, 0.2) is 6.61 Å². The molecule has 3 aromatic rings. The maximum Gasteiger partial charge on any atom is 0.374 e. The van der Waals surface area contributed by atoms with Gasteiger partial charge in [0.1, 0.15) is 11.1 Å². The molecule has 6 nitrogen and oxygen atoms in total. The van der Waals surface area contributed by atoms with Gasteiger partial charge in [0.05, 0.1) is 11.8 Å². The summed E-state index contributed by atoms with van der Waals surface area (Å²) in [6, 6.07) is 13.3. The molecule has 27 heavy (non-hydrogen) atoms. The Hall–Kier alpha value is -3.37. The summed E-state index contributed by atoms with van der Waals surface area (Å²) in [5.74, 6) is -1.18. The van der Waals surface area contributed by atoms with Crippen LogP contribution in [0.25, 0.3) is 10.4 Å². The molecule has 0 radical (unpaired) electrons. The Morgan fingerprint density at radius 2 is 2.07 bits per heavy atom. The van der Waals surface area contributed by atoms with Crippen LogP contribution in [0, 0.1) is 11.3 Å². The van der Waals surface area contributed by atoms with Gasteiger partial charge in [0.25, 0.3) is 5.91 Å². The number of carbonyl (C=O) groups is 2. The monoisotopic (exact) mass is 378 g/mol. The second-order valence-corrected chi connectivity index (χ2v) is 7.01. The van der Waals surface area contributed by atoms with Crippen molar-refractivity contribution in [2.45, 2.75) is 12.8 Å². The number of amides is 1. The molecule has 2 heterocycles. The van der Waals surface area contributed by atoms with Gasteiger partial charge in [-0.1, -0.05) is 24.3 Å². The Kier molecular flexibility index (Phi) is 4.48. The zero-order valence-electron chi connectivity index (χ0n) is 14.2. The number of fused-ring (bicyclic) bond motifs is 3. The molecule has 1 N–H and O–H groups in total. The molecule has 1 aliphatic carbocycles. The van der Waals surface area contributed by atoms with Gasteiger partial charge in [0, 0.05) is 4.88 Å². The van der Waals surface area contributed by atoms with Crippen molar-refractivity contribution in [2.24, 2.45) is 0 Å². The summed E-state index contributed by atoms with van der Waals surface area (Å²) in [5, 5.41) is 12.8. The van der Waals surface area contributed by atoms with E-state index in [-0.39, 0.29) is 5.76 Å². The maximum absolute atomic E-state index is 12.2. The highest BCUT2D eigenvalue weighted by Crippen LogP contribution is 2.44. The fraction of sp³-hybridized carbons (Fsp3) is 0.150. The van der Waals surface area contributed by atoms with E-state index in [2.05, 4.69) is 17.5 Å². The van der Waals surface area contributed by atoms with Crippen LogP contribution in [0.5, 0.6) is 0 Å². The molecule has 0 fully saturated rings. The highest BCUT2D eigenvalue weighted by atomic mass is 32.1. The number of carbonyl (C=O) groups excluding carboxylic acids is 2. The van der Waals surface area contributed by atoms with Crippen molar-refractivity contribution in [3.63, 3.8) is 0 Å². The van der Waals surface area contributed by atoms with E-state index in [0.29, 0.717) is 10.6 Å². The predicted octanol–water partition coefficient (Wildman–Crippen LogP) is 3.77.